The maximum Gasteiger partial charge on any atom is 0.198 e. The van der Waals surface area contributed by atoms with Crippen LogP contribution in [0.4, 0.5) is 0 Å². The second-order valence-electron chi connectivity index (χ2n) is 4.80. The number of hydrogen-bond donors (Lipinski definition) is 0. The van der Waals surface area contributed by atoms with Gasteiger partial charge in [0, 0.05) is 17.8 Å². The van der Waals surface area contributed by atoms with E-state index in [-0.39, 0.29) is 6.10 Å². The van der Waals surface area contributed by atoms with Gasteiger partial charge in [0.25, 0.3) is 0 Å². The van der Waals surface area contributed by atoms with Crippen LogP contribution in [0.3, 0.4) is 0 Å². The zero-order chi connectivity index (χ0) is 13.1. The lowest BCUT2D eigenvalue weighted by Gasteiger charge is -2.24. The van der Waals surface area contributed by atoms with Crippen LogP contribution in [0.2, 0.25) is 13.1 Å². The summed E-state index contributed by atoms with van der Waals surface area (Å²) in [5.41, 5.74) is 0. The number of unbranched alkanes of at least 4 members (excludes halogenated alkanes) is 3. The molecule has 0 aromatic heterocycles. The van der Waals surface area contributed by atoms with Crippen molar-refractivity contribution in [3.63, 3.8) is 0 Å². The van der Waals surface area contributed by atoms with Gasteiger partial charge < -0.3 is 4.43 Å². The summed E-state index contributed by atoms with van der Waals surface area (Å²) >= 11 is 3.52. The van der Waals surface area contributed by atoms with Crippen molar-refractivity contribution in [2.75, 3.05) is 4.95 Å². The third-order valence-corrected chi connectivity index (χ3v) is 7.95. The molecule has 98 valence electrons. The van der Waals surface area contributed by atoms with Crippen LogP contribution in [0, 0.1) is 11.8 Å². The summed E-state index contributed by atoms with van der Waals surface area (Å²) in [6, 6.07) is 0. The van der Waals surface area contributed by atoms with Crippen molar-refractivity contribution in [2.24, 2.45) is 0 Å². The summed E-state index contributed by atoms with van der Waals surface area (Å²) in [6.07, 6.45) is 7.45. The van der Waals surface area contributed by atoms with Gasteiger partial charge in [0.2, 0.25) is 0 Å². The van der Waals surface area contributed by atoms with Gasteiger partial charge in [0.1, 0.15) is 6.10 Å². The van der Waals surface area contributed by atoms with Gasteiger partial charge in [-0.15, -0.1) is 12.5 Å². The average molecular weight is 317 g/mol. The lowest BCUT2D eigenvalue weighted by molar-refractivity contribution is 0.254. The summed E-state index contributed by atoms with van der Waals surface area (Å²) in [6.45, 7) is 10.4. The molecule has 0 rings (SSSR count). The van der Waals surface area contributed by atoms with Crippen LogP contribution in [0.1, 0.15) is 39.0 Å². The molecule has 1 nitrogen and oxygen atoms in total. The topological polar surface area (TPSA) is 9.23 Å². The summed E-state index contributed by atoms with van der Waals surface area (Å²) in [4.78, 5) is 0.950. The molecule has 0 spiro atoms. The van der Waals surface area contributed by atoms with Crippen LogP contribution < -0.4 is 0 Å². The minimum Gasteiger partial charge on any atom is -0.403 e. The molecule has 0 radical (unpaired) electrons. The molecule has 0 aromatic rings. The molecular weight excluding hydrogens is 292 g/mol. The zero-order valence-electron chi connectivity index (χ0n) is 11.4. The fourth-order valence-electron chi connectivity index (χ4n) is 1.35. The van der Waals surface area contributed by atoms with Crippen LogP contribution >= 0.6 is 15.9 Å². The smallest absolute Gasteiger partial charge is 0.198 e. The lowest BCUT2D eigenvalue weighted by atomic mass is 10.2. The minimum atomic E-state index is -1.59. The number of alkyl halides is 1. The second kappa shape index (κ2) is 9.93. The Bertz CT molecular complexity index is 265. The highest BCUT2D eigenvalue weighted by Crippen LogP contribution is 2.13. The Kier molecular flexibility index (Phi) is 9.91. The van der Waals surface area contributed by atoms with Crippen molar-refractivity contribution in [1.82, 2.24) is 0 Å². The van der Waals surface area contributed by atoms with E-state index in [1.165, 1.54) is 19.3 Å². The maximum absolute atomic E-state index is 6.08. The predicted molar refractivity (Wildman–Crippen MR) is 82.9 cm³/mol. The second-order valence-corrected chi connectivity index (χ2v) is 10.5. The largest absolute Gasteiger partial charge is 0.403 e. The molecule has 0 aliphatic heterocycles. The molecule has 0 amide bonds. The number of rotatable bonds is 8. The van der Waals surface area contributed by atoms with Crippen LogP contribution in [-0.4, -0.2) is 19.4 Å². The summed E-state index contributed by atoms with van der Waals surface area (Å²) < 4.78 is 6.08. The van der Waals surface area contributed by atoms with E-state index in [4.69, 9.17) is 4.43 Å². The van der Waals surface area contributed by atoms with Gasteiger partial charge in [-0.05, 0) is 19.5 Å². The predicted octanol–water partition coefficient (Wildman–Crippen LogP) is 4.67. The van der Waals surface area contributed by atoms with Crippen LogP contribution in [0.15, 0.2) is 12.7 Å². The van der Waals surface area contributed by atoms with Crippen molar-refractivity contribution >= 4 is 24.2 Å². The third-order valence-electron chi connectivity index (χ3n) is 2.33. The molecule has 0 fully saturated rings. The molecule has 17 heavy (non-hydrogen) atoms. The standard InChI is InChI=1S/C14H25BrOSi/c1-5-7-8-9-10-12-14(11-6-2)16-17(3,4)13-15/h6,14H,2,5,7-9,11,13H2,1,3-4H3/t14-/m0/s1. The van der Waals surface area contributed by atoms with Gasteiger partial charge in [0.05, 0.1) is 0 Å². The third kappa shape index (κ3) is 9.64. The molecule has 0 aromatic carbocycles. The van der Waals surface area contributed by atoms with E-state index in [2.05, 4.69) is 54.4 Å². The SMILES string of the molecule is C=CC[C@@H](C#CCCCCC)O[Si](C)(C)CBr. The highest BCUT2D eigenvalue weighted by atomic mass is 79.9. The first-order valence-electron chi connectivity index (χ1n) is 6.38. The Morgan fingerprint density at radius 2 is 2.12 bits per heavy atom. The molecule has 0 saturated carbocycles. The molecule has 3 heteroatoms. The molecule has 0 N–H and O–H groups in total. The molecular formula is C14H25BrOSi. The van der Waals surface area contributed by atoms with Crippen LogP contribution in [0.5, 0.6) is 0 Å². The normalized spacial score (nSPS) is 12.7. The Labute approximate surface area is 116 Å². The van der Waals surface area contributed by atoms with Crippen molar-refractivity contribution < 1.29 is 4.43 Å². The summed E-state index contributed by atoms with van der Waals surface area (Å²) in [5.74, 6) is 6.48. The molecule has 0 unspecified atom stereocenters. The highest BCUT2D eigenvalue weighted by Gasteiger charge is 2.23. The fraction of sp³-hybridized carbons (Fsp3) is 0.714. The van der Waals surface area contributed by atoms with Crippen LogP contribution in [-0.2, 0) is 4.43 Å². The van der Waals surface area contributed by atoms with Gasteiger partial charge in [-0.3, -0.25) is 0 Å². The number of halogens is 1. The van der Waals surface area contributed by atoms with Crippen molar-refractivity contribution in [2.45, 2.75) is 58.2 Å². The van der Waals surface area contributed by atoms with E-state index in [0.717, 1.165) is 17.8 Å². The Morgan fingerprint density at radius 3 is 2.65 bits per heavy atom. The molecule has 1 atom stereocenters. The van der Waals surface area contributed by atoms with E-state index in [1.807, 2.05) is 6.08 Å². The van der Waals surface area contributed by atoms with E-state index in [9.17, 15) is 0 Å². The first kappa shape index (κ1) is 17.0. The first-order chi connectivity index (χ1) is 8.05. The fourth-order valence-corrected chi connectivity index (χ4v) is 2.74. The molecule has 0 saturated heterocycles. The van der Waals surface area contributed by atoms with Gasteiger partial charge in [-0.1, -0.05) is 47.7 Å². The average Bonchev–Trinajstić information content (AvgIpc) is 2.28. The molecule has 0 heterocycles. The molecule has 0 aliphatic carbocycles. The minimum absolute atomic E-state index is 0.0355. The van der Waals surface area contributed by atoms with E-state index < -0.39 is 8.32 Å². The monoisotopic (exact) mass is 316 g/mol. The Morgan fingerprint density at radius 1 is 1.41 bits per heavy atom. The molecule has 0 aliphatic rings. The highest BCUT2D eigenvalue weighted by molar-refractivity contribution is 9.09. The zero-order valence-corrected chi connectivity index (χ0v) is 14.0. The van der Waals surface area contributed by atoms with Gasteiger partial charge >= 0.3 is 0 Å². The lowest BCUT2D eigenvalue weighted by Crippen LogP contribution is -2.37. The van der Waals surface area contributed by atoms with Crippen LogP contribution in [0.25, 0.3) is 0 Å². The Balaban J connectivity index is 4.18. The summed E-state index contributed by atoms with van der Waals surface area (Å²) in [7, 11) is -1.59. The first-order valence-corrected chi connectivity index (χ1v) is 10.6. The van der Waals surface area contributed by atoms with Crippen molar-refractivity contribution in [1.29, 1.82) is 0 Å². The number of hydrogen-bond acceptors (Lipinski definition) is 1. The summed E-state index contributed by atoms with van der Waals surface area (Å²) in [5, 5.41) is 0. The van der Waals surface area contributed by atoms with Gasteiger partial charge in [-0.2, -0.15) is 0 Å². The van der Waals surface area contributed by atoms with E-state index >= 15 is 0 Å². The Hall–Kier alpha value is -0.0431. The van der Waals surface area contributed by atoms with Gasteiger partial charge in [0.15, 0.2) is 8.32 Å². The maximum atomic E-state index is 6.08. The van der Waals surface area contributed by atoms with Crippen molar-refractivity contribution in [3.8, 4) is 11.8 Å². The van der Waals surface area contributed by atoms with E-state index in [1.54, 1.807) is 0 Å². The van der Waals surface area contributed by atoms with E-state index in [0.29, 0.717) is 0 Å². The quantitative estimate of drug-likeness (QED) is 0.208. The van der Waals surface area contributed by atoms with Gasteiger partial charge in [-0.25, -0.2) is 0 Å². The van der Waals surface area contributed by atoms with Crippen molar-refractivity contribution in [3.05, 3.63) is 12.7 Å². The molecule has 0 bridgehead atoms.